The predicted molar refractivity (Wildman–Crippen MR) is 218 cm³/mol. The zero-order valence-electron chi connectivity index (χ0n) is 31.1. The van der Waals surface area contributed by atoms with Gasteiger partial charge in [-0.3, -0.25) is 0 Å². The molecule has 1 aromatic heterocycles. The Bertz CT molecular complexity index is 1620. The molecule has 1 N–H and O–H groups in total. The number of aromatic nitrogens is 1. The number of hydrogen-bond donors (Lipinski definition) is 1. The number of fused-ring (bicyclic) bond motifs is 3. The zero-order valence-corrected chi connectivity index (χ0v) is 31.1. The van der Waals surface area contributed by atoms with E-state index in [1.54, 1.807) is 0 Å². The first-order valence-corrected chi connectivity index (χ1v) is 20.5. The van der Waals surface area contributed by atoms with Crippen molar-refractivity contribution in [1.82, 2.24) is 4.98 Å². The van der Waals surface area contributed by atoms with E-state index < -0.39 is 0 Å². The van der Waals surface area contributed by atoms with Crippen molar-refractivity contribution in [3.05, 3.63) is 96.1 Å². The molecule has 0 unspecified atom stereocenters. The fourth-order valence-electron chi connectivity index (χ4n) is 7.74. The van der Waals surface area contributed by atoms with Gasteiger partial charge in [0.05, 0.1) is 5.52 Å². The molecule has 0 spiro atoms. The van der Waals surface area contributed by atoms with Gasteiger partial charge in [-0.25, -0.2) is 0 Å². The molecule has 0 aliphatic carbocycles. The Kier molecular flexibility index (Phi) is 15.9. The van der Waals surface area contributed by atoms with Gasteiger partial charge < -0.3 is 4.98 Å². The van der Waals surface area contributed by atoms with Crippen LogP contribution in [0.1, 0.15) is 153 Å². The van der Waals surface area contributed by atoms with Crippen LogP contribution in [0.4, 0.5) is 0 Å². The quantitative estimate of drug-likeness (QED) is 0.0637. The Hall–Kier alpha value is -3.32. The first kappa shape index (κ1) is 36.9. The first-order chi connectivity index (χ1) is 24.3. The van der Waals surface area contributed by atoms with Crippen LogP contribution >= 0.6 is 0 Å². The van der Waals surface area contributed by atoms with Crippen LogP contribution in [0.5, 0.6) is 0 Å². The molecule has 1 heteroatoms. The summed E-state index contributed by atoms with van der Waals surface area (Å²) in [6.45, 7) is 4.61. The van der Waals surface area contributed by atoms with Crippen LogP contribution in [0, 0.1) is 0 Å². The summed E-state index contributed by atoms with van der Waals surface area (Å²) in [7, 11) is 0. The van der Waals surface area contributed by atoms with Gasteiger partial charge in [0.1, 0.15) is 0 Å². The van der Waals surface area contributed by atoms with Gasteiger partial charge in [0.15, 0.2) is 0 Å². The largest absolute Gasteiger partial charge is 0.354 e. The number of benzene rings is 4. The van der Waals surface area contributed by atoms with E-state index in [-0.39, 0.29) is 0 Å². The average Bonchev–Trinajstić information content (AvgIpc) is 3.51. The van der Waals surface area contributed by atoms with Crippen molar-refractivity contribution >= 4 is 21.8 Å². The van der Waals surface area contributed by atoms with Crippen LogP contribution in [0.3, 0.4) is 0 Å². The summed E-state index contributed by atoms with van der Waals surface area (Å²) in [6.07, 6.45) is 30.1. The molecule has 0 saturated heterocycles. The van der Waals surface area contributed by atoms with Crippen LogP contribution in [0.15, 0.2) is 84.9 Å². The van der Waals surface area contributed by atoms with Crippen molar-refractivity contribution in [3.8, 4) is 22.3 Å². The monoisotopic (exact) mass is 656 g/mol. The van der Waals surface area contributed by atoms with E-state index in [1.165, 1.54) is 190 Å². The number of unbranched alkanes of at least 4 members (excludes halogenated alkanes) is 18. The molecule has 262 valence electrons. The summed E-state index contributed by atoms with van der Waals surface area (Å²) in [5.41, 5.74) is 10.7. The van der Waals surface area contributed by atoms with E-state index in [9.17, 15) is 0 Å². The minimum Gasteiger partial charge on any atom is -0.354 e. The normalized spacial score (nSPS) is 11.6. The summed E-state index contributed by atoms with van der Waals surface area (Å²) in [5, 5.41) is 2.79. The fraction of sp³-hybridized carbons (Fsp3) is 0.500. The highest BCUT2D eigenvalue weighted by molar-refractivity contribution is 6.12. The molecule has 5 aromatic rings. The van der Waals surface area contributed by atoms with Crippen molar-refractivity contribution in [2.75, 3.05) is 0 Å². The SMILES string of the molecule is CCCCCCCCCCCCc1ccc2[nH]c3c(-c4ccc(-c5ccccc5)cc4)cc(CCCCCCCCCCCC)cc3c2c1. The zero-order chi connectivity index (χ0) is 33.9. The second-order valence-electron chi connectivity index (χ2n) is 14.9. The molecule has 1 heterocycles. The molecular weight excluding hydrogens is 591 g/mol. The summed E-state index contributed by atoms with van der Waals surface area (Å²) in [4.78, 5) is 3.86. The highest BCUT2D eigenvalue weighted by atomic mass is 14.7. The third-order valence-electron chi connectivity index (χ3n) is 10.8. The first-order valence-electron chi connectivity index (χ1n) is 20.5. The third kappa shape index (κ3) is 11.6. The van der Waals surface area contributed by atoms with E-state index >= 15 is 0 Å². The molecule has 0 amide bonds. The van der Waals surface area contributed by atoms with Crippen molar-refractivity contribution in [2.24, 2.45) is 0 Å². The van der Waals surface area contributed by atoms with Crippen molar-refractivity contribution < 1.29 is 0 Å². The van der Waals surface area contributed by atoms with Crippen LogP contribution < -0.4 is 0 Å². The lowest BCUT2D eigenvalue weighted by molar-refractivity contribution is 0.556. The summed E-state index contributed by atoms with van der Waals surface area (Å²) in [6, 6.07) is 32.2. The number of nitrogens with one attached hydrogen (secondary N) is 1. The maximum absolute atomic E-state index is 3.86. The molecule has 0 atom stereocenters. The minimum atomic E-state index is 1.16. The van der Waals surface area contributed by atoms with Crippen LogP contribution in [-0.4, -0.2) is 4.98 Å². The molecule has 1 nitrogen and oxygen atoms in total. The molecule has 0 bridgehead atoms. The smallest absolute Gasteiger partial charge is 0.0544 e. The maximum Gasteiger partial charge on any atom is 0.0544 e. The van der Waals surface area contributed by atoms with Gasteiger partial charge in [-0.05, 0) is 77.8 Å². The van der Waals surface area contributed by atoms with E-state index in [4.69, 9.17) is 0 Å². The highest BCUT2D eigenvalue weighted by Crippen LogP contribution is 2.36. The van der Waals surface area contributed by atoms with E-state index in [2.05, 4.69) is 104 Å². The second-order valence-corrected chi connectivity index (χ2v) is 14.9. The van der Waals surface area contributed by atoms with Crippen LogP contribution in [0.25, 0.3) is 44.1 Å². The lowest BCUT2D eigenvalue weighted by atomic mass is 9.94. The summed E-state index contributed by atoms with van der Waals surface area (Å²) in [5.74, 6) is 0. The Morgan fingerprint density at radius 3 is 1.43 bits per heavy atom. The van der Waals surface area contributed by atoms with E-state index in [0.29, 0.717) is 0 Å². The molecule has 49 heavy (non-hydrogen) atoms. The molecule has 4 aromatic carbocycles. The number of aromatic amines is 1. The van der Waals surface area contributed by atoms with E-state index in [0.717, 1.165) is 6.42 Å². The van der Waals surface area contributed by atoms with Gasteiger partial charge in [-0.2, -0.15) is 0 Å². The lowest BCUT2D eigenvalue weighted by Gasteiger charge is -2.10. The van der Waals surface area contributed by atoms with Gasteiger partial charge in [0, 0.05) is 21.9 Å². The van der Waals surface area contributed by atoms with Gasteiger partial charge in [-0.15, -0.1) is 0 Å². The Morgan fingerprint density at radius 1 is 0.388 bits per heavy atom. The molecule has 5 rings (SSSR count). The Balaban J connectivity index is 1.26. The molecule has 0 radical (unpaired) electrons. The van der Waals surface area contributed by atoms with Gasteiger partial charge in [0.2, 0.25) is 0 Å². The Morgan fingerprint density at radius 2 is 0.857 bits per heavy atom. The second kappa shape index (κ2) is 21.0. The third-order valence-corrected chi connectivity index (χ3v) is 10.8. The van der Waals surface area contributed by atoms with Gasteiger partial charge in [-0.1, -0.05) is 190 Å². The molecule has 0 aliphatic rings. The lowest BCUT2D eigenvalue weighted by Crippen LogP contribution is -1.90. The van der Waals surface area contributed by atoms with Gasteiger partial charge >= 0.3 is 0 Å². The fourth-order valence-corrected chi connectivity index (χ4v) is 7.74. The molecule has 0 fully saturated rings. The predicted octanol–water partition coefficient (Wildman–Crippen LogP) is 15.6. The van der Waals surface area contributed by atoms with Gasteiger partial charge in [0.25, 0.3) is 0 Å². The van der Waals surface area contributed by atoms with Crippen molar-refractivity contribution in [3.63, 3.8) is 0 Å². The molecular formula is C48H65N. The molecule has 0 aliphatic heterocycles. The maximum atomic E-state index is 3.86. The number of hydrogen-bond acceptors (Lipinski definition) is 0. The standard InChI is InChI=1S/C48H65N/c1-3-5-7-9-11-13-15-17-19-22-26-39-30-35-47-45(36-39)46-38-40(27-23-20-18-16-14-12-10-8-6-4-2)37-44(48(46)49-47)43-33-31-42(32-34-43)41-28-24-21-25-29-41/h21,24-25,28-38,49H,3-20,22-23,26-27H2,1-2H3. The molecule has 0 saturated carbocycles. The highest BCUT2D eigenvalue weighted by Gasteiger charge is 2.13. The van der Waals surface area contributed by atoms with Crippen molar-refractivity contribution in [2.45, 2.75) is 155 Å². The number of rotatable bonds is 24. The average molecular weight is 656 g/mol. The summed E-state index contributed by atoms with van der Waals surface area (Å²) >= 11 is 0. The van der Waals surface area contributed by atoms with Crippen LogP contribution in [-0.2, 0) is 12.8 Å². The van der Waals surface area contributed by atoms with Crippen LogP contribution in [0.2, 0.25) is 0 Å². The Labute approximate surface area is 299 Å². The van der Waals surface area contributed by atoms with Crippen molar-refractivity contribution in [1.29, 1.82) is 0 Å². The van der Waals surface area contributed by atoms with E-state index in [1.807, 2.05) is 0 Å². The summed E-state index contributed by atoms with van der Waals surface area (Å²) < 4.78 is 0. The number of H-pyrrole nitrogens is 1. The number of aryl methyl sites for hydroxylation is 2. The minimum absolute atomic E-state index is 1.16. The topological polar surface area (TPSA) is 15.8 Å².